The molecule has 0 aliphatic carbocycles. The van der Waals surface area contributed by atoms with Crippen LogP contribution in [0.15, 0.2) is 28.7 Å². The van der Waals surface area contributed by atoms with E-state index in [2.05, 4.69) is 10.3 Å². The van der Waals surface area contributed by atoms with E-state index in [1.807, 2.05) is 24.3 Å². The van der Waals surface area contributed by atoms with Gasteiger partial charge in [0.05, 0.1) is 5.69 Å². The summed E-state index contributed by atoms with van der Waals surface area (Å²) in [7, 11) is 0. The Morgan fingerprint density at radius 3 is 2.84 bits per heavy atom. The van der Waals surface area contributed by atoms with Crippen molar-refractivity contribution >= 4 is 17.5 Å². The van der Waals surface area contributed by atoms with Crippen LogP contribution >= 0.6 is 11.6 Å². The summed E-state index contributed by atoms with van der Waals surface area (Å²) in [5.74, 6) is 0.543. The molecule has 1 N–H and O–H groups in total. The zero-order valence-corrected chi connectivity index (χ0v) is 11.6. The summed E-state index contributed by atoms with van der Waals surface area (Å²) in [6.45, 7) is 4.00. The molecule has 0 aliphatic rings. The molecule has 1 aromatic heterocycles. The minimum Gasteiger partial charge on any atom is -0.436 e. The number of oxazole rings is 1. The predicted octanol–water partition coefficient (Wildman–Crippen LogP) is 2.92. The zero-order valence-electron chi connectivity index (χ0n) is 10.9. The van der Waals surface area contributed by atoms with E-state index < -0.39 is 0 Å². The first-order valence-electron chi connectivity index (χ1n) is 6.03. The van der Waals surface area contributed by atoms with Gasteiger partial charge in [-0.1, -0.05) is 23.7 Å². The molecule has 2 aromatic rings. The van der Waals surface area contributed by atoms with Crippen molar-refractivity contribution < 1.29 is 9.21 Å². The fourth-order valence-electron chi connectivity index (χ4n) is 1.84. The first-order chi connectivity index (χ1) is 9.06. The Balaban J connectivity index is 1.89. The highest BCUT2D eigenvalue weighted by Gasteiger charge is 2.14. The molecule has 1 aromatic carbocycles. The highest BCUT2D eigenvalue weighted by atomic mass is 35.5. The van der Waals surface area contributed by atoms with Crippen molar-refractivity contribution in [3.8, 4) is 0 Å². The third-order valence-corrected chi connectivity index (χ3v) is 2.93. The Kier molecular flexibility index (Phi) is 4.22. The number of aromatic nitrogens is 1. The Morgan fingerprint density at radius 1 is 1.42 bits per heavy atom. The van der Waals surface area contributed by atoms with Crippen LogP contribution in [0.25, 0.3) is 0 Å². The molecule has 0 atom stereocenters. The second-order valence-corrected chi connectivity index (χ2v) is 4.72. The van der Waals surface area contributed by atoms with Crippen molar-refractivity contribution in [1.29, 1.82) is 0 Å². The maximum Gasteiger partial charge on any atom is 0.289 e. The molecule has 0 fully saturated rings. The standard InChI is InChI=1S/C14H15ClN2O2/c1-9-13(19-10(2)17-9)14(18)16-7-6-11-4-3-5-12(15)8-11/h3-5,8H,6-7H2,1-2H3,(H,16,18). The summed E-state index contributed by atoms with van der Waals surface area (Å²) in [5.41, 5.74) is 1.69. The van der Waals surface area contributed by atoms with Crippen LogP contribution in [0.4, 0.5) is 0 Å². The highest BCUT2D eigenvalue weighted by Crippen LogP contribution is 2.11. The third-order valence-electron chi connectivity index (χ3n) is 2.70. The van der Waals surface area contributed by atoms with Gasteiger partial charge < -0.3 is 9.73 Å². The molecule has 0 aliphatic heterocycles. The molecule has 2 rings (SSSR count). The maximum absolute atomic E-state index is 11.9. The summed E-state index contributed by atoms with van der Waals surface area (Å²) in [6.07, 6.45) is 0.721. The summed E-state index contributed by atoms with van der Waals surface area (Å²) in [6, 6.07) is 7.58. The van der Waals surface area contributed by atoms with Crippen LogP contribution in [0.3, 0.4) is 0 Å². The van der Waals surface area contributed by atoms with Crippen LogP contribution in [0.5, 0.6) is 0 Å². The van der Waals surface area contributed by atoms with Gasteiger partial charge in [-0.2, -0.15) is 0 Å². The lowest BCUT2D eigenvalue weighted by Crippen LogP contribution is -2.25. The quantitative estimate of drug-likeness (QED) is 0.935. The molecule has 0 radical (unpaired) electrons. The van der Waals surface area contributed by atoms with Crippen LogP contribution in [0, 0.1) is 13.8 Å². The lowest BCUT2D eigenvalue weighted by atomic mass is 10.1. The number of hydrogen-bond acceptors (Lipinski definition) is 3. The molecule has 0 unspecified atom stereocenters. The predicted molar refractivity (Wildman–Crippen MR) is 73.5 cm³/mol. The Morgan fingerprint density at radius 2 is 2.21 bits per heavy atom. The largest absolute Gasteiger partial charge is 0.436 e. The molecule has 1 heterocycles. The van der Waals surface area contributed by atoms with Gasteiger partial charge >= 0.3 is 0 Å². The van der Waals surface area contributed by atoms with Crippen LogP contribution in [-0.2, 0) is 6.42 Å². The van der Waals surface area contributed by atoms with E-state index in [-0.39, 0.29) is 11.7 Å². The van der Waals surface area contributed by atoms with Crippen molar-refractivity contribution in [2.45, 2.75) is 20.3 Å². The molecule has 0 bridgehead atoms. The second-order valence-electron chi connectivity index (χ2n) is 4.28. The summed E-state index contributed by atoms with van der Waals surface area (Å²) in [5, 5.41) is 3.50. The number of carbonyl (C=O) groups is 1. The van der Waals surface area contributed by atoms with Crippen molar-refractivity contribution in [2.75, 3.05) is 6.54 Å². The average molecular weight is 279 g/mol. The molecule has 1 amide bonds. The smallest absolute Gasteiger partial charge is 0.289 e. The van der Waals surface area contributed by atoms with Crippen molar-refractivity contribution in [2.24, 2.45) is 0 Å². The van der Waals surface area contributed by atoms with Gasteiger partial charge in [0.1, 0.15) is 0 Å². The van der Waals surface area contributed by atoms with Gasteiger partial charge in [-0.15, -0.1) is 0 Å². The van der Waals surface area contributed by atoms with Gasteiger partial charge in [0.25, 0.3) is 5.91 Å². The van der Waals surface area contributed by atoms with E-state index in [9.17, 15) is 4.79 Å². The number of aryl methyl sites for hydroxylation is 2. The number of carbonyl (C=O) groups excluding carboxylic acids is 1. The molecule has 4 nitrogen and oxygen atoms in total. The van der Waals surface area contributed by atoms with Gasteiger partial charge in [-0.25, -0.2) is 4.98 Å². The van der Waals surface area contributed by atoms with Crippen molar-refractivity contribution in [3.05, 3.63) is 52.2 Å². The number of benzene rings is 1. The fourth-order valence-corrected chi connectivity index (χ4v) is 2.05. The normalized spacial score (nSPS) is 10.5. The van der Waals surface area contributed by atoms with Gasteiger partial charge in [0.2, 0.25) is 5.76 Å². The third kappa shape index (κ3) is 3.58. The monoisotopic (exact) mass is 278 g/mol. The van der Waals surface area contributed by atoms with Crippen LogP contribution in [0.2, 0.25) is 5.02 Å². The fraction of sp³-hybridized carbons (Fsp3) is 0.286. The molecule has 0 saturated carbocycles. The van der Waals surface area contributed by atoms with Crippen LogP contribution in [0.1, 0.15) is 27.7 Å². The van der Waals surface area contributed by atoms with E-state index in [0.717, 1.165) is 12.0 Å². The van der Waals surface area contributed by atoms with E-state index in [1.54, 1.807) is 13.8 Å². The zero-order chi connectivity index (χ0) is 13.8. The number of nitrogens with zero attached hydrogens (tertiary/aromatic N) is 1. The van der Waals surface area contributed by atoms with E-state index in [4.69, 9.17) is 16.0 Å². The minimum atomic E-state index is -0.236. The maximum atomic E-state index is 11.9. The van der Waals surface area contributed by atoms with Crippen molar-refractivity contribution in [3.63, 3.8) is 0 Å². The Labute approximate surface area is 116 Å². The van der Waals surface area contributed by atoms with Gasteiger partial charge in [0.15, 0.2) is 5.89 Å². The SMILES string of the molecule is Cc1nc(C)c(C(=O)NCCc2cccc(Cl)c2)o1. The van der Waals surface area contributed by atoms with E-state index in [1.165, 1.54) is 0 Å². The number of amides is 1. The number of hydrogen-bond donors (Lipinski definition) is 1. The lowest BCUT2D eigenvalue weighted by molar-refractivity contribution is 0.0924. The summed E-state index contributed by atoms with van der Waals surface area (Å²) < 4.78 is 5.25. The van der Waals surface area contributed by atoms with Crippen LogP contribution in [-0.4, -0.2) is 17.4 Å². The first kappa shape index (κ1) is 13.6. The lowest BCUT2D eigenvalue weighted by Gasteiger charge is -2.04. The van der Waals surface area contributed by atoms with Gasteiger partial charge in [0, 0.05) is 18.5 Å². The van der Waals surface area contributed by atoms with Gasteiger partial charge in [-0.05, 0) is 31.0 Å². The number of nitrogens with one attached hydrogen (secondary N) is 1. The molecular formula is C14H15ClN2O2. The van der Waals surface area contributed by atoms with Crippen molar-refractivity contribution in [1.82, 2.24) is 10.3 Å². The minimum absolute atomic E-state index is 0.236. The summed E-state index contributed by atoms with van der Waals surface area (Å²) in [4.78, 5) is 15.9. The molecule has 5 heteroatoms. The topological polar surface area (TPSA) is 55.1 Å². The summed E-state index contributed by atoms with van der Waals surface area (Å²) >= 11 is 5.90. The molecular weight excluding hydrogens is 264 g/mol. The number of rotatable bonds is 4. The highest BCUT2D eigenvalue weighted by molar-refractivity contribution is 6.30. The molecule has 100 valence electrons. The molecule has 0 spiro atoms. The van der Waals surface area contributed by atoms with E-state index >= 15 is 0 Å². The van der Waals surface area contributed by atoms with Crippen LogP contribution < -0.4 is 5.32 Å². The Hall–Kier alpha value is -1.81. The Bertz CT molecular complexity index is 593. The molecule has 19 heavy (non-hydrogen) atoms. The van der Waals surface area contributed by atoms with E-state index in [0.29, 0.717) is 23.2 Å². The first-order valence-corrected chi connectivity index (χ1v) is 6.41. The second kappa shape index (κ2) is 5.89. The average Bonchev–Trinajstić information content (AvgIpc) is 2.68. The number of halogens is 1. The van der Waals surface area contributed by atoms with Gasteiger partial charge in [-0.3, -0.25) is 4.79 Å². The molecule has 0 saturated heterocycles.